The molecule has 6 nitrogen and oxygen atoms in total. The largest absolute Gasteiger partial charge is 0.462 e. The molecule has 0 aliphatic carbocycles. The first-order valence-electron chi connectivity index (χ1n) is 6.60. The Bertz CT molecular complexity index is 537. The van der Waals surface area contributed by atoms with Crippen LogP contribution in [0.4, 0.5) is 0 Å². The molecule has 20 heavy (non-hydrogen) atoms. The van der Waals surface area contributed by atoms with Gasteiger partial charge in [0.25, 0.3) is 0 Å². The maximum Gasteiger partial charge on any atom is 0.246 e. The highest BCUT2D eigenvalue weighted by Crippen LogP contribution is 2.25. The SMILES string of the molecule is CCN(C(C)CN(C)C)S(=O)(=O)c1cc(CO)oc1C. The molecule has 0 amide bonds. The molecule has 0 bridgehead atoms. The third-order valence-corrected chi connectivity index (χ3v) is 5.30. The second-order valence-corrected chi connectivity index (χ2v) is 6.97. The summed E-state index contributed by atoms with van der Waals surface area (Å²) in [5, 5.41) is 9.06. The first-order valence-corrected chi connectivity index (χ1v) is 8.04. The van der Waals surface area contributed by atoms with Gasteiger partial charge >= 0.3 is 0 Å². The van der Waals surface area contributed by atoms with E-state index < -0.39 is 10.0 Å². The quantitative estimate of drug-likeness (QED) is 0.815. The molecular weight excluding hydrogens is 280 g/mol. The minimum absolute atomic E-state index is 0.133. The van der Waals surface area contributed by atoms with Gasteiger partial charge in [-0.15, -0.1) is 0 Å². The maximum absolute atomic E-state index is 12.7. The van der Waals surface area contributed by atoms with Crippen LogP contribution in [0.5, 0.6) is 0 Å². The molecule has 0 aliphatic rings. The zero-order chi connectivity index (χ0) is 15.5. The lowest BCUT2D eigenvalue weighted by molar-refractivity contribution is 0.244. The number of aliphatic hydroxyl groups excluding tert-OH is 1. The third-order valence-electron chi connectivity index (χ3n) is 3.10. The zero-order valence-electron chi connectivity index (χ0n) is 12.8. The lowest BCUT2D eigenvalue weighted by Gasteiger charge is -2.28. The number of sulfonamides is 1. The van der Waals surface area contributed by atoms with Crippen LogP contribution in [-0.4, -0.2) is 56.0 Å². The van der Waals surface area contributed by atoms with Gasteiger partial charge in [-0.2, -0.15) is 4.31 Å². The molecule has 0 saturated carbocycles. The fourth-order valence-corrected chi connectivity index (χ4v) is 4.14. The van der Waals surface area contributed by atoms with Crippen molar-refractivity contribution in [2.75, 3.05) is 27.2 Å². The van der Waals surface area contributed by atoms with Crippen molar-refractivity contribution in [3.8, 4) is 0 Å². The summed E-state index contributed by atoms with van der Waals surface area (Å²) in [5.74, 6) is 0.571. The summed E-state index contributed by atoms with van der Waals surface area (Å²) in [7, 11) is 0.199. The molecule has 1 rings (SSSR count). The minimum Gasteiger partial charge on any atom is -0.462 e. The van der Waals surface area contributed by atoms with Gasteiger partial charge in [0.1, 0.15) is 23.0 Å². The topological polar surface area (TPSA) is 74.0 Å². The Labute approximate surface area is 121 Å². The predicted molar refractivity (Wildman–Crippen MR) is 76.9 cm³/mol. The van der Waals surface area contributed by atoms with Crippen LogP contribution < -0.4 is 0 Å². The standard InChI is InChI=1S/C13H24N2O4S/c1-6-15(10(2)8-14(4)5)20(17,18)13-7-12(9-16)19-11(13)3/h7,10,16H,6,8-9H2,1-5H3. The average molecular weight is 304 g/mol. The summed E-state index contributed by atoms with van der Waals surface area (Å²) >= 11 is 0. The molecule has 0 spiro atoms. The molecule has 1 heterocycles. The van der Waals surface area contributed by atoms with E-state index in [9.17, 15) is 8.42 Å². The molecule has 1 atom stereocenters. The first-order chi connectivity index (χ1) is 9.23. The Balaban J connectivity index is 3.14. The summed E-state index contributed by atoms with van der Waals surface area (Å²) < 4.78 is 32.1. The Morgan fingerprint density at radius 2 is 2.00 bits per heavy atom. The highest BCUT2D eigenvalue weighted by molar-refractivity contribution is 7.89. The van der Waals surface area contributed by atoms with Crippen molar-refractivity contribution in [2.24, 2.45) is 0 Å². The van der Waals surface area contributed by atoms with Crippen LogP contribution in [0.3, 0.4) is 0 Å². The van der Waals surface area contributed by atoms with Crippen molar-refractivity contribution in [1.82, 2.24) is 9.21 Å². The molecule has 0 radical (unpaired) electrons. The van der Waals surface area contributed by atoms with E-state index in [0.717, 1.165) is 0 Å². The Morgan fingerprint density at radius 3 is 2.40 bits per heavy atom. The fourth-order valence-electron chi connectivity index (χ4n) is 2.32. The number of nitrogens with zero attached hydrogens (tertiary/aromatic N) is 2. The van der Waals surface area contributed by atoms with Gasteiger partial charge in [0.05, 0.1) is 0 Å². The smallest absolute Gasteiger partial charge is 0.246 e. The van der Waals surface area contributed by atoms with Gasteiger partial charge in [0.15, 0.2) is 0 Å². The van der Waals surface area contributed by atoms with E-state index in [1.165, 1.54) is 10.4 Å². The van der Waals surface area contributed by atoms with Crippen molar-refractivity contribution in [3.63, 3.8) is 0 Å². The first kappa shape index (κ1) is 17.2. The van der Waals surface area contributed by atoms with Gasteiger partial charge in [-0.25, -0.2) is 8.42 Å². The van der Waals surface area contributed by atoms with Gasteiger partial charge < -0.3 is 14.4 Å². The normalized spacial score (nSPS) is 14.2. The van der Waals surface area contributed by atoms with Crippen LogP contribution in [0.25, 0.3) is 0 Å². The summed E-state index contributed by atoms with van der Waals surface area (Å²) in [5.41, 5.74) is 0. The molecule has 7 heteroatoms. The van der Waals surface area contributed by atoms with E-state index in [0.29, 0.717) is 18.8 Å². The molecule has 116 valence electrons. The molecule has 1 aromatic heterocycles. The van der Waals surface area contributed by atoms with E-state index in [2.05, 4.69) is 0 Å². The number of hydrogen-bond acceptors (Lipinski definition) is 5. The van der Waals surface area contributed by atoms with Crippen LogP contribution in [0.2, 0.25) is 0 Å². The molecule has 0 aliphatic heterocycles. The van der Waals surface area contributed by atoms with E-state index in [1.807, 2.05) is 32.8 Å². The van der Waals surface area contributed by atoms with Gasteiger partial charge in [-0.3, -0.25) is 0 Å². The number of likely N-dealkylation sites (N-methyl/N-ethyl adjacent to an activating group) is 2. The Morgan fingerprint density at radius 1 is 1.40 bits per heavy atom. The molecule has 0 saturated heterocycles. The molecular formula is C13H24N2O4S. The Kier molecular flexibility index (Phi) is 5.76. The zero-order valence-corrected chi connectivity index (χ0v) is 13.6. The number of aryl methyl sites for hydroxylation is 1. The van der Waals surface area contributed by atoms with E-state index in [1.54, 1.807) is 6.92 Å². The fraction of sp³-hybridized carbons (Fsp3) is 0.692. The van der Waals surface area contributed by atoms with Crippen molar-refractivity contribution >= 4 is 10.0 Å². The van der Waals surface area contributed by atoms with Crippen LogP contribution >= 0.6 is 0 Å². The lowest BCUT2D eigenvalue weighted by Crippen LogP contribution is -2.43. The Hall–Kier alpha value is -0.890. The van der Waals surface area contributed by atoms with Crippen molar-refractivity contribution in [2.45, 2.75) is 38.3 Å². The molecule has 1 unspecified atom stereocenters. The molecule has 1 aromatic rings. The highest BCUT2D eigenvalue weighted by atomic mass is 32.2. The van der Waals surface area contributed by atoms with Crippen LogP contribution in [-0.2, 0) is 16.6 Å². The van der Waals surface area contributed by atoms with Crippen LogP contribution in [0, 0.1) is 6.92 Å². The van der Waals surface area contributed by atoms with E-state index in [-0.39, 0.29) is 23.3 Å². The lowest BCUT2D eigenvalue weighted by atomic mass is 10.3. The van der Waals surface area contributed by atoms with E-state index in [4.69, 9.17) is 9.52 Å². The second-order valence-electron chi connectivity index (χ2n) is 5.11. The van der Waals surface area contributed by atoms with Crippen molar-refractivity contribution in [3.05, 3.63) is 17.6 Å². The predicted octanol–water partition coefficient (Wildman–Crippen LogP) is 1.04. The van der Waals surface area contributed by atoms with Crippen molar-refractivity contribution < 1.29 is 17.9 Å². The monoisotopic (exact) mass is 304 g/mol. The van der Waals surface area contributed by atoms with Gasteiger partial charge in [-0.05, 0) is 27.9 Å². The number of aliphatic hydroxyl groups is 1. The van der Waals surface area contributed by atoms with Gasteiger partial charge in [-0.1, -0.05) is 6.92 Å². The van der Waals surface area contributed by atoms with Gasteiger partial charge in [0, 0.05) is 25.2 Å². The van der Waals surface area contributed by atoms with E-state index >= 15 is 0 Å². The third kappa shape index (κ3) is 3.60. The van der Waals surface area contributed by atoms with Gasteiger partial charge in [0.2, 0.25) is 10.0 Å². The minimum atomic E-state index is -3.61. The number of rotatable bonds is 7. The summed E-state index contributed by atoms with van der Waals surface area (Å²) in [6.45, 7) is 6.00. The summed E-state index contributed by atoms with van der Waals surface area (Å²) in [6.07, 6.45) is 0. The van der Waals surface area contributed by atoms with Crippen LogP contribution in [0.15, 0.2) is 15.4 Å². The average Bonchev–Trinajstić information content (AvgIpc) is 2.70. The highest BCUT2D eigenvalue weighted by Gasteiger charge is 2.31. The second kappa shape index (κ2) is 6.71. The number of hydrogen-bond donors (Lipinski definition) is 1. The summed E-state index contributed by atoms with van der Waals surface area (Å²) in [6, 6.07) is 1.25. The van der Waals surface area contributed by atoms with Crippen LogP contribution in [0.1, 0.15) is 25.4 Å². The molecule has 0 fully saturated rings. The van der Waals surface area contributed by atoms with Crippen molar-refractivity contribution in [1.29, 1.82) is 0 Å². The maximum atomic E-state index is 12.7. The molecule has 0 aromatic carbocycles. The summed E-state index contributed by atoms with van der Waals surface area (Å²) in [4.78, 5) is 2.08. The number of furan rings is 1. The molecule has 1 N–H and O–H groups in total.